The second-order valence-corrected chi connectivity index (χ2v) is 13.0. The van der Waals surface area contributed by atoms with Crippen molar-refractivity contribution >= 4 is 17.6 Å². The van der Waals surface area contributed by atoms with Crippen LogP contribution in [0, 0.1) is 0 Å². The van der Waals surface area contributed by atoms with Crippen molar-refractivity contribution in [1.29, 1.82) is 0 Å². The van der Waals surface area contributed by atoms with E-state index in [1.165, 1.54) is 38.1 Å². The van der Waals surface area contributed by atoms with Crippen LogP contribution < -0.4 is 10.7 Å². The maximum atomic E-state index is 13.8. The van der Waals surface area contributed by atoms with Crippen molar-refractivity contribution < 1.29 is 49.3 Å². The Hall–Kier alpha value is -3.91. The molecule has 234 valence electrons. The second-order valence-electron chi connectivity index (χ2n) is 13.0. The van der Waals surface area contributed by atoms with Crippen LogP contribution in [0.25, 0.3) is 6.08 Å². The molecule has 4 heterocycles. The van der Waals surface area contributed by atoms with Crippen LogP contribution in [0.4, 0.5) is 0 Å². The molecule has 12 heteroatoms. The van der Waals surface area contributed by atoms with Crippen molar-refractivity contribution in [2.75, 3.05) is 0 Å². The predicted molar refractivity (Wildman–Crippen MR) is 154 cm³/mol. The number of rotatable bonds is 3. The Balaban J connectivity index is 1.30. The highest BCUT2D eigenvalue weighted by Gasteiger charge is 2.64. The minimum Gasteiger partial charge on any atom is -0.507 e. The summed E-state index contributed by atoms with van der Waals surface area (Å²) in [7, 11) is 0. The van der Waals surface area contributed by atoms with Crippen LogP contribution in [-0.4, -0.2) is 83.6 Å². The summed E-state index contributed by atoms with van der Waals surface area (Å²) in [5.74, 6) is -2.53. The number of phenols is 2. The lowest BCUT2D eigenvalue weighted by Crippen LogP contribution is -2.64. The second kappa shape index (κ2) is 9.09. The smallest absolute Gasteiger partial charge is 0.198 e. The number of fused-ring (bicyclic) bond motifs is 8. The molecule has 0 saturated carbocycles. The molecule has 7 unspecified atom stereocenters. The van der Waals surface area contributed by atoms with Gasteiger partial charge in [-0.2, -0.15) is 0 Å². The number of phenolic OH excluding ortho intramolecular Hbond substituents is 2. The Labute approximate surface area is 256 Å². The molecule has 3 aromatic rings. The van der Waals surface area contributed by atoms with Crippen LogP contribution in [0.5, 0.6) is 11.5 Å². The Morgan fingerprint density at radius 3 is 2.60 bits per heavy atom. The van der Waals surface area contributed by atoms with E-state index in [4.69, 9.17) is 19.2 Å². The van der Waals surface area contributed by atoms with E-state index in [9.17, 15) is 35.1 Å². The molecule has 2 aliphatic carbocycles. The van der Waals surface area contributed by atoms with Crippen molar-refractivity contribution in [3.8, 4) is 11.5 Å². The first-order valence-electron chi connectivity index (χ1n) is 15.0. The lowest BCUT2D eigenvalue weighted by molar-refractivity contribution is -0.321. The molecular weight excluding hydrogens is 584 g/mol. The summed E-state index contributed by atoms with van der Waals surface area (Å²) < 4.78 is 19.3. The van der Waals surface area contributed by atoms with E-state index in [0.29, 0.717) is 23.0 Å². The van der Waals surface area contributed by atoms with E-state index in [0.717, 1.165) is 5.22 Å². The van der Waals surface area contributed by atoms with Gasteiger partial charge in [0.05, 0.1) is 35.0 Å². The average molecular weight is 617 g/mol. The molecule has 6 N–H and O–H groups in total. The first-order chi connectivity index (χ1) is 21.3. The maximum absolute atomic E-state index is 13.8. The molecular formula is C33H32N2O10. The SMILES string of the molecule is CC(O)C1(O)C(O)CC(OC2c3cc4c(c(O)c3[C@@H]3C[C@@]2(C)OC32C=c3cc[nH]c3=N2)C(=O)c2cccc(O)c2C4=O)OC1C. The fraction of sp³-hybridized carbons (Fsp3) is 0.424. The van der Waals surface area contributed by atoms with E-state index < -0.39 is 65.1 Å². The highest BCUT2D eigenvalue weighted by atomic mass is 16.7. The summed E-state index contributed by atoms with van der Waals surface area (Å²) in [6.45, 7) is 4.72. The third kappa shape index (κ3) is 3.60. The number of aromatic amines is 1. The first kappa shape index (κ1) is 28.6. The molecule has 12 nitrogen and oxygen atoms in total. The van der Waals surface area contributed by atoms with E-state index in [1.54, 1.807) is 6.20 Å². The lowest BCUT2D eigenvalue weighted by Gasteiger charge is -2.48. The van der Waals surface area contributed by atoms with Crippen LogP contribution in [0.1, 0.15) is 88.6 Å². The normalized spacial score (nSPS) is 36.5. The van der Waals surface area contributed by atoms with E-state index in [1.807, 2.05) is 19.1 Å². The van der Waals surface area contributed by atoms with Gasteiger partial charge >= 0.3 is 0 Å². The number of aliphatic hydroxyl groups excluding tert-OH is 2. The fourth-order valence-electron chi connectivity index (χ4n) is 8.13. The molecule has 45 heavy (non-hydrogen) atoms. The topological polar surface area (TPSA) is 191 Å². The van der Waals surface area contributed by atoms with Gasteiger partial charge in [0.15, 0.2) is 23.6 Å². The number of H-pyrrole nitrogens is 1. The summed E-state index contributed by atoms with van der Waals surface area (Å²) in [5, 5.41) is 55.5. The van der Waals surface area contributed by atoms with Gasteiger partial charge in [0, 0.05) is 40.4 Å². The Kier molecular flexibility index (Phi) is 5.77. The zero-order valence-corrected chi connectivity index (χ0v) is 24.6. The molecule has 5 aliphatic rings. The zero-order chi connectivity index (χ0) is 31.8. The molecule has 2 fully saturated rings. The third-order valence-electron chi connectivity index (χ3n) is 10.4. The number of hydrogen-bond acceptors (Lipinski definition) is 11. The minimum atomic E-state index is -1.93. The fourth-order valence-corrected chi connectivity index (χ4v) is 8.13. The number of carbonyl (C=O) groups is 2. The molecule has 0 radical (unpaired) electrons. The average Bonchev–Trinajstić information content (AvgIpc) is 3.62. The van der Waals surface area contributed by atoms with Gasteiger partial charge < -0.3 is 44.7 Å². The number of nitrogens with one attached hydrogen (secondary N) is 1. The number of benzene rings is 2. The van der Waals surface area contributed by atoms with Crippen molar-refractivity contribution in [3.05, 3.63) is 80.6 Å². The molecule has 1 aromatic heterocycles. The molecule has 1 spiro atoms. The van der Waals surface area contributed by atoms with E-state index in [-0.39, 0.29) is 40.2 Å². The van der Waals surface area contributed by atoms with Crippen LogP contribution in [0.2, 0.25) is 0 Å². The van der Waals surface area contributed by atoms with Gasteiger partial charge in [-0.1, -0.05) is 12.1 Å². The quantitative estimate of drug-likeness (QED) is 0.193. The predicted octanol–water partition coefficient (Wildman–Crippen LogP) is 0.953. The van der Waals surface area contributed by atoms with Crippen LogP contribution >= 0.6 is 0 Å². The zero-order valence-electron chi connectivity index (χ0n) is 24.6. The van der Waals surface area contributed by atoms with Gasteiger partial charge in [0.25, 0.3) is 0 Å². The molecule has 0 amide bonds. The number of ketones is 2. The van der Waals surface area contributed by atoms with Crippen LogP contribution in [0.15, 0.2) is 41.5 Å². The van der Waals surface area contributed by atoms with Crippen molar-refractivity contribution in [2.24, 2.45) is 4.99 Å². The first-order valence-corrected chi connectivity index (χ1v) is 15.0. The van der Waals surface area contributed by atoms with Crippen LogP contribution in [-0.2, 0) is 14.2 Å². The van der Waals surface area contributed by atoms with Gasteiger partial charge in [0.1, 0.15) is 28.7 Å². The molecule has 2 saturated heterocycles. The van der Waals surface area contributed by atoms with Gasteiger partial charge in [0.2, 0.25) is 0 Å². The lowest BCUT2D eigenvalue weighted by atomic mass is 9.69. The van der Waals surface area contributed by atoms with Gasteiger partial charge in [-0.3, -0.25) is 9.59 Å². The molecule has 2 bridgehead atoms. The Bertz CT molecular complexity index is 1910. The van der Waals surface area contributed by atoms with Gasteiger partial charge in [-0.15, -0.1) is 0 Å². The van der Waals surface area contributed by atoms with Gasteiger partial charge in [-0.05, 0) is 57.0 Å². The monoisotopic (exact) mass is 616 g/mol. The molecule has 9 atom stereocenters. The number of aliphatic hydroxyl groups is 3. The molecule has 8 rings (SSSR count). The summed E-state index contributed by atoms with van der Waals surface area (Å²) in [4.78, 5) is 35.6. The van der Waals surface area contributed by atoms with Crippen molar-refractivity contribution in [2.45, 2.75) is 87.2 Å². The number of carbonyl (C=O) groups excluding carboxylic acids is 2. The number of hydrogen-bond donors (Lipinski definition) is 6. The van der Waals surface area contributed by atoms with E-state index >= 15 is 0 Å². The summed E-state index contributed by atoms with van der Waals surface area (Å²) in [6, 6.07) is 7.60. The standard InChI is InChI=1S/C33H32N2O10/c1-13(36)33(42)14(2)43-22(10-21(33)38)44-29-18-9-17-25(26(39)16-5-4-6-20(37)24(16)27(17)40)28(41)23(18)19-12-31(29,3)45-32(19)11-15-7-8-34-30(15)35-32/h4-9,11,13-14,19,21-22,29,36-38,41-42H,10,12H2,1-3H3,(H,34,35)/t13?,14?,19-,21?,22?,29?,31+,32?,33?/m0/s1. The maximum Gasteiger partial charge on any atom is 0.198 e. The summed E-state index contributed by atoms with van der Waals surface area (Å²) in [6.07, 6.45) is -2.07. The Morgan fingerprint density at radius 2 is 1.89 bits per heavy atom. The highest BCUT2D eigenvalue weighted by Crippen LogP contribution is 2.63. The molecule has 3 aliphatic heterocycles. The number of aromatic hydroxyl groups is 2. The van der Waals surface area contributed by atoms with E-state index in [2.05, 4.69) is 4.98 Å². The number of ether oxygens (including phenoxy) is 3. The Morgan fingerprint density at radius 1 is 1.13 bits per heavy atom. The minimum absolute atomic E-state index is 0.00939. The largest absolute Gasteiger partial charge is 0.507 e. The number of aromatic nitrogens is 1. The van der Waals surface area contributed by atoms with Crippen LogP contribution in [0.3, 0.4) is 0 Å². The summed E-state index contributed by atoms with van der Waals surface area (Å²) >= 11 is 0. The van der Waals surface area contributed by atoms with Gasteiger partial charge in [-0.25, -0.2) is 4.99 Å². The number of nitrogens with zero attached hydrogens (tertiary/aromatic N) is 1. The van der Waals surface area contributed by atoms with Crippen molar-refractivity contribution in [1.82, 2.24) is 4.98 Å². The molecule has 2 aromatic carbocycles. The van der Waals surface area contributed by atoms with Crippen molar-refractivity contribution in [3.63, 3.8) is 0 Å². The summed E-state index contributed by atoms with van der Waals surface area (Å²) in [5.41, 5.74) is -3.39. The third-order valence-corrected chi connectivity index (χ3v) is 10.4. The highest BCUT2D eigenvalue weighted by molar-refractivity contribution is 6.30.